The van der Waals surface area contributed by atoms with Crippen molar-refractivity contribution in [1.29, 1.82) is 0 Å². The van der Waals surface area contributed by atoms with Gasteiger partial charge in [0.05, 0.1) is 18.1 Å². The molecule has 25 heavy (non-hydrogen) atoms. The summed E-state index contributed by atoms with van der Waals surface area (Å²) >= 11 is 0. The summed E-state index contributed by atoms with van der Waals surface area (Å²) in [5, 5.41) is 13.6. The van der Waals surface area contributed by atoms with E-state index in [0.29, 0.717) is 17.4 Å². The fourth-order valence-corrected chi connectivity index (χ4v) is 2.19. The molecule has 0 heterocycles. The Bertz CT molecular complexity index is 774. The minimum absolute atomic E-state index is 0.0929. The van der Waals surface area contributed by atoms with Crippen molar-refractivity contribution in [2.75, 3.05) is 19.0 Å². The Kier molecular flexibility index (Phi) is 5.94. The number of carbonyl (C=O) groups is 1. The third kappa shape index (κ3) is 4.94. The average molecular weight is 344 g/mol. The molecule has 0 unspecified atom stereocenters. The highest BCUT2D eigenvalue weighted by molar-refractivity contribution is 5.94. The number of rotatable bonds is 7. The second kappa shape index (κ2) is 8.14. The van der Waals surface area contributed by atoms with Crippen molar-refractivity contribution in [2.45, 2.75) is 19.8 Å². The van der Waals surface area contributed by atoms with E-state index < -0.39 is 10.8 Å². The first-order chi connectivity index (χ1) is 11.9. The van der Waals surface area contributed by atoms with Gasteiger partial charge in [0.15, 0.2) is 6.61 Å². The first-order valence-electron chi connectivity index (χ1n) is 7.75. The second-order valence-corrected chi connectivity index (χ2v) is 5.70. The second-order valence-electron chi connectivity index (χ2n) is 5.70. The molecule has 0 radical (unpaired) electrons. The molecule has 2 aromatic rings. The van der Waals surface area contributed by atoms with E-state index in [1.54, 1.807) is 6.07 Å². The van der Waals surface area contributed by atoms with Gasteiger partial charge in [-0.05, 0) is 35.7 Å². The van der Waals surface area contributed by atoms with Crippen LogP contribution in [0.5, 0.6) is 11.5 Å². The standard InChI is InChI=1S/C18H20N2O5/c1-12(2)13-5-4-6-15(9-13)25-11-18(21)19-16-8-7-14(24-3)10-17(16)20(22)23/h4-10,12H,11H2,1-3H3,(H,19,21). The van der Waals surface area contributed by atoms with Gasteiger partial charge in [-0.15, -0.1) is 0 Å². The number of hydrogen-bond donors (Lipinski definition) is 1. The number of benzene rings is 2. The molecule has 7 nitrogen and oxygen atoms in total. The smallest absolute Gasteiger partial charge is 0.296 e. The zero-order valence-electron chi connectivity index (χ0n) is 14.3. The summed E-state index contributed by atoms with van der Waals surface area (Å²) in [5.41, 5.74) is 0.952. The molecule has 0 bridgehead atoms. The van der Waals surface area contributed by atoms with E-state index in [2.05, 4.69) is 19.2 Å². The number of nitrogens with zero attached hydrogens (tertiary/aromatic N) is 1. The molecule has 0 atom stereocenters. The number of nitro benzene ring substituents is 1. The van der Waals surface area contributed by atoms with Gasteiger partial charge in [0, 0.05) is 0 Å². The van der Waals surface area contributed by atoms with Crippen molar-refractivity contribution in [2.24, 2.45) is 0 Å². The number of anilines is 1. The number of nitrogens with one attached hydrogen (secondary N) is 1. The Labute approximate surface area is 145 Å². The summed E-state index contributed by atoms with van der Waals surface area (Å²) in [6, 6.07) is 11.7. The summed E-state index contributed by atoms with van der Waals surface area (Å²) in [6.07, 6.45) is 0. The molecule has 0 aliphatic rings. The van der Waals surface area contributed by atoms with Crippen LogP contribution in [-0.2, 0) is 4.79 Å². The normalized spacial score (nSPS) is 10.4. The Morgan fingerprint density at radius 1 is 1.20 bits per heavy atom. The van der Waals surface area contributed by atoms with Crippen LogP contribution in [0.15, 0.2) is 42.5 Å². The zero-order chi connectivity index (χ0) is 18.4. The van der Waals surface area contributed by atoms with Gasteiger partial charge in [-0.25, -0.2) is 0 Å². The Balaban J connectivity index is 2.03. The van der Waals surface area contributed by atoms with Gasteiger partial charge in [0.1, 0.15) is 17.2 Å². The lowest BCUT2D eigenvalue weighted by Gasteiger charge is -2.11. The van der Waals surface area contributed by atoms with Gasteiger partial charge in [0.2, 0.25) is 0 Å². The van der Waals surface area contributed by atoms with Crippen molar-refractivity contribution >= 4 is 17.3 Å². The van der Waals surface area contributed by atoms with Gasteiger partial charge in [0.25, 0.3) is 11.6 Å². The minimum atomic E-state index is -0.578. The lowest BCUT2D eigenvalue weighted by molar-refractivity contribution is -0.384. The molecule has 7 heteroatoms. The largest absolute Gasteiger partial charge is 0.496 e. The molecule has 1 N–H and O–H groups in total. The summed E-state index contributed by atoms with van der Waals surface area (Å²) < 4.78 is 10.4. The summed E-state index contributed by atoms with van der Waals surface area (Å²) in [7, 11) is 1.41. The van der Waals surface area contributed by atoms with E-state index in [-0.39, 0.29) is 18.0 Å². The molecule has 0 aromatic heterocycles. The molecule has 0 aliphatic carbocycles. The number of ether oxygens (including phenoxy) is 2. The molecular formula is C18H20N2O5. The highest BCUT2D eigenvalue weighted by Crippen LogP contribution is 2.29. The molecule has 0 aliphatic heterocycles. The Hall–Kier alpha value is -3.09. The summed E-state index contributed by atoms with van der Waals surface area (Å²) in [6.45, 7) is 3.88. The van der Waals surface area contributed by atoms with E-state index in [9.17, 15) is 14.9 Å². The molecule has 0 saturated heterocycles. The highest BCUT2D eigenvalue weighted by atomic mass is 16.6. The quantitative estimate of drug-likeness (QED) is 0.610. The van der Waals surface area contributed by atoms with E-state index in [1.165, 1.54) is 25.3 Å². The van der Waals surface area contributed by atoms with Crippen LogP contribution in [0.2, 0.25) is 0 Å². The van der Waals surface area contributed by atoms with Crippen molar-refractivity contribution in [3.63, 3.8) is 0 Å². The zero-order valence-corrected chi connectivity index (χ0v) is 14.3. The predicted octanol–water partition coefficient (Wildman–Crippen LogP) is 3.74. The Morgan fingerprint density at radius 2 is 1.96 bits per heavy atom. The fraction of sp³-hybridized carbons (Fsp3) is 0.278. The van der Waals surface area contributed by atoms with Crippen LogP contribution in [0.4, 0.5) is 11.4 Å². The minimum Gasteiger partial charge on any atom is -0.496 e. The van der Waals surface area contributed by atoms with Gasteiger partial charge in [-0.3, -0.25) is 14.9 Å². The van der Waals surface area contributed by atoms with Crippen LogP contribution in [0.25, 0.3) is 0 Å². The number of methoxy groups -OCH3 is 1. The van der Waals surface area contributed by atoms with E-state index in [1.807, 2.05) is 18.2 Å². The third-order valence-electron chi connectivity index (χ3n) is 3.57. The molecule has 0 spiro atoms. The van der Waals surface area contributed by atoms with Crippen LogP contribution in [0, 0.1) is 10.1 Å². The number of nitro groups is 1. The molecule has 1 amide bonds. The van der Waals surface area contributed by atoms with E-state index in [4.69, 9.17) is 9.47 Å². The van der Waals surface area contributed by atoms with Crippen molar-refractivity contribution < 1.29 is 19.2 Å². The molecule has 2 rings (SSSR count). The lowest BCUT2D eigenvalue weighted by Crippen LogP contribution is -2.20. The molecule has 0 fully saturated rings. The van der Waals surface area contributed by atoms with E-state index in [0.717, 1.165) is 5.56 Å². The molecule has 0 saturated carbocycles. The van der Waals surface area contributed by atoms with Gasteiger partial charge < -0.3 is 14.8 Å². The summed E-state index contributed by atoms with van der Waals surface area (Å²) in [4.78, 5) is 22.6. The first-order valence-corrected chi connectivity index (χ1v) is 7.75. The highest BCUT2D eigenvalue weighted by Gasteiger charge is 2.17. The van der Waals surface area contributed by atoms with E-state index >= 15 is 0 Å². The van der Waals surface area contributed by atoms with Crippen molar-refractivity contribution in [3.05, 3.63) is 58.1 Å². The SMILES string of the molecule is COc1ccc(NC(=O)COc2cccc(C(C)C)c2)c([N+](=O)[O-])c1. The van der Waals surface area contributed by atoms with Crippen LogP contribution < -0.4 is 14.8 Å². The van der Waals surface area contributed by atoms with Crippen LogP contribution in [0.1, 0.15) is 25.3 Å². The van der Waals surface area contributed by atoms with Gasteiger partial charge in [-0.2, -0.15) is 0 Å². The summed E-state index contributed by atoms with van der Waals surface area (Å²) in [5.74, 6) is 0.777. The number of hydrogen-bond acceptors (Lipinski definition) is 5. The monoisotopic (exact) mass is 344 g/mol. The maximum atomic E-state index is 12.0. The number of amides is 1. The van der Waals surface area contributed by atoms with Gasteiger partial charge in [-0.1, -0.05) is 26.0 Å². The fourth-order valence-electron chi connectivity index (χ4n) is 2.19. The van der Waals surface area contributed by atoms with Crippen molar-refractivity contribution in [1.82, 2.24) is 0 Å². The van der Waals surface area contributed by atoms with Gasteiger partial charge >= 0.3 is 0 Å². The molecular weight excluding hydrogens is 324 g/mol. The number of carbonyl (C=O) groups excluding carboxylic acids is 1. The molecule has 2 aromatic carbocycles. The maximum Gasteiger partial charge on any atom is 0.296 e. The van der Waals surface area contributed by atoms with Crippen LogP contribution >= 0.6 is 0 Å². The van der Waals surface area contributed by atoms with Crippen LogP contribution in [0.3, 0.4) is 0 Å². The molecule has 132 valence electrons. The predicted molar refractivity (Wildman–Crippen MR) is 94.3 cm³/mol. The lowest BCUT2D eigenvalue weighted by atomic mass is 10.0. The van der Waals surface area contributed by atoms with Crippen LogP contribution in [-0.4, -0.2) is 24.5 Å². The average Bonchev–Trinajstić information content (AvgIpc) is 2.60. The maximum absolute atomic E-state index is 12.0. The Morgan fingerprint density at radius 3 is 2.60 bits per heavy atom. The third-order valence-corrected chi connectivity index (χ3v) is 3.57. The first kappa shape index (κ1) is 18.3. The topological polar surface area (TPSA) is 90.7 Å². The van der Waals surface area contributed by atoms with Crippen molar-refractivity contribution in [3.8, 4) is 11.5 Å².